The lowest BCUT2D eigenvalue weighted by Gasteiger charge is -2.09. The monoisotopic (exact) mass is 313 g/mol. The van der Waals surface area contributed by atoms with Crippen LogP contribution in [0.5, 0.6) is 0 Å². The molecule has 2 aromatic heterocycles. The van der Waals surface area contributed by atoms with Gasteiger partial charge in [-0.15, -0.1) is 23.7 Å². The lowest BCUT2D eigenvalue weighted by atomic mass is 10.3. The van der Waals surface area contributed by atoms with Crippen LogP contribution in [0.25, 0.3) is 0 Å². The average molecular weight is 314 g/mol. The van der Waals surface area contributed by atoms with E-state index in [2.05, 4.69) is 22.1 Å². The quantitative estimate of drug-likeness (QED) is 0.771. The maximum Gasteiger partial charge on any atom is 0.267 e. The van der Waals surface area contributed by atoms with Gasteiger partial charge in [-0.2, -0.15) is 0 Å². The van der Waals surface area contributed by atoms with Crippen LogP contribution in [-0.4, -0.2) is 30.1 Å². The van der Waals surface area contributed by atoms with Crippen molar-refractivity contribution in [2.45, 2.75) is 13.5 Å². The van der Waals surface area contributed by atoms with Crippen LogP contribution in [0, 0.1) is 0 Å². The van der Waals surface area contributed by atoms with E-state index in [1.54, 1.807) is 11.3 Å². The van der Waals surface area contributed by atoms with Crippen molar-refractivity contribution in [2.24, 2.45) is 0 Å². The highest BCUT2D eigenvalue weighted by atomic mass is 35.5. The van der Waals surface area contributed by atoms with E-state index in [0.29, 0.717) is 12.2 Å². The Balaban J connectivity index is 0.00000200. The molecule has 0 aliphatic rings. The predicted molar refractivity (Wildman–Crippen MR) is 86.0 cm³/mol. The number of carbonyl (C=O) groups is 1. The van der Waals surface area contributed by atoms with Gasteiger partial charge < -0.3 is 15.2 Å². The number of hydrogen-bond acceptors (Lipinski definition) is 3. The molecule has 1 amide bonds. The molecule has 4 nitrogen and oxygen atoms in total. The van der Waals surface area contributed by atoms with Crippen molar-refractivity contribution in [2.75, 3.05) is 19.6 Å². The zero-order chi connectivity index (χ0) is 13.5. The smallest absolute Gasteiger partial charge is 0.267 e. The first-order valence-corrected chi connectivity index (χ1v) is 7.35. The van der Waals surface area contributed by atoms with Gasteiger partial charge in [0.2, 0.25) is 0 Å². The van der Waals surface area contributed by atoms with Gasteiger partial charge in [-0.3, -0.25) is 4.79 Å². The minimum atomic E-state index is -0.0144. The van der Waals surface area contributed by atoms with Gasteiger partial charge in [0, 0.05) is 24.2 Å². The normalized spacial score (nSPS) is 10.1. The first kappa shape index (κ1) is 16.8. The minimum Gasteiger partial charge on any atom is -0.349 e. The molecule has 0 aromatic carbocycles. The molecule has 0 fully saturated rings. The van der Waals surface area contributed by atoms with Gasteiger partial charge in [-0.25, -0.2) is 0 Å². The number of rotatable bonds is 7. The fraction of sp³-hybridized carbons (Fsp3) is 0.357. The summed E-state index contributed by atoms with van der Waals surface area (Å²) in [5.74, 6) is -0.0144. The standard InChI is InChI=1S/C14H19N3OS.ClH/c1-2-15-7-8-16-14(18)13-6-3-9-17(13)11-12-5-4-10-19-12;/h3-6,9-10,15H,2,7-8,11H2,1H3,(H,16,18);1H. The molecular weight excluding hydrogens is 294 g/mol. The van der Waals surface area contributed by atoms with Crippen LogP contribution in [-0.2, 0) is 6.54 Å². The fourth-order valence-corrected chi connectivity index (χ4v) is 2.56. The Morgan fingerprint density at radius 3 is 2.85 bits per heavy atom. The summed E-state index contributed by atoms with van der Waals surface area (Å²) in [5, 5.41) is 8.15. The maximum atomic E-state index is 12.1. The van der Waals surface area contributed by atoms with Gasteiger partial charge in [-0.1, -0.05) is 13.0 Å². The van der Waals surface area contributed by atoms with Crippen molar-refractivity contribution in [1.82, 2.24) is 15.2 Å². The Kier molecular flexibility index (Phi) is 7.36. The Morgan fingerprint density at radius 1 is 1.30 bits per heavy atom. The molecule has 20 heavy (non-hydrogen) atoms. The van der Waals surface area contributed by atoms with Gasteiger partial charge in [0.05, 0.1) is 6.54 Å². The van der Waals surface area contributed by atoms with E-state index in [4.69, 9.17) is 0 Å². The molecule has 0 unspecified atom stereocenters. The van der Waals surface area contributed by atoms with Crippen LogP contribution >= 0.6 is 23.7 Å². The van der Waals surface area contributed by atoms with Crippen LogP contribution in [0.2, 0.25) is 0 Å². The molecule has 2 aromatic rings. The second-order valence-corrected chi connectivity index (χ2v) is 5.24. The lowest BCUT2D eigenvalue weighted by Crippen LogP contribution is -2.32. The number of thiophene rings is 1. The van der Waals surface area contributed by atoms with E-state index in [1.807, 2.05) is 35.9 Å². The predicted octanol–water partition coefficient (Wildman–Crippen LogP) is 2.36. The summed E-state index contributed by atoms with van der Waals surface area (Å²) in [6, 6.07) is 7.88. The van der Waals surface area contributed by atoms with Crippen molar-refractivity contribution >= 4 is 29.7 Å². The van der Waals surface area contributed by atoms with Gasteiger partial charge in [0.25, 0.3) is 5.91 Å². The van der Waals surface area contributed by atoms with E-state index in [-0.39, 0.29) is 18.3 Å². The van der Waals surface area contributed by atoms with Crippen molar-refractivity contribution in [3.8, 4) is 0 Å². The summed E-state index contributed by atoms with van der Waals surface area (Å²) in [4.78, 5) is 13.3. The largest absolute Gasteiger partial charge is 0.349 e. The third-order valence-electron chi connectivity index (χ3n) is 2.81. The second kappa shape index (κ2) is 8.79. The highest BCUT2D eigenvalue weighted by Gasteiger charge is 2.10. The van der Waals surface area contributed by atoms with Crippen LogP contribution in [0.4, 0.5) is 0 Å². The molecule has 0 aliphatic heterocycles. The van der Waals surface area contributed by atoms with Gasteiger partial charge in [-0.05, 0) is 30.1 Å². The lowest BCUT2D eigenvalue weighted by molar-refractivity contribution is 0.0945. The molecule has 0 atom stereocenters. The molecule has 2 heterocycles. The zero-order valence-electron chi connectivity index (χ0n) is 11.5. The summed E-state index contributed by atoms with van der Waals surface area (Å²) in [5.41, 5.74) is 0.713. The second-order valence-electron chi connectivity index (χ2n) is 4.21. The third-order valence-corrected chi connectivity index (χ3v) is 3.67. The number of hydrogen-bond donors (Lipinski definition) is 2. The molecule has 0 aliphatic carbocycles. The number of nitrogens with one attached hydrogen (secondary N) is 2. The molecule has 0 saturated carbocycles. The fourth-order valence-electron chi connectivity index (χ4n) is 1.86. The highest BCUT2D eigenvalue weighted by molar-refractivity contribution is 7.09. The van der Waals surface area contributed by atoms with Crippen LogP contribution in [0.15, 0.2) is 35.8 Å². The molecule has 110 valence electrons. The first-order chi connectivity index (χ1) is 9.31. The van der Waals surface area contributed by atoms with E-state index < -0.39 is 0 Å². The summed E-state index contributed by atoms with van der Waals surface area (Å²) in [6.07, 6.45) is 1.94. The molecule has 2 N–H and O–H groups in total. The SMILES string of the molecule is CCNCCNC(=O)c1cccn1Cc1cccs1.Cl. The van der Waals surface area contributed by atoms with Crippen LogP contribution in [0.1, 0.15) is 22.3 Å². The van der Waals surface area contributed by atoms with E-state index in [0.717, 1.165) is 19.6 Å². The number of likely N-dealkylation sites (N-methyl/N-ethyl adjacent to an activating group) is 1. The molecule has 2 rings (SSSR count). The Hall–Kier alpha value is -1.30. The first-order valence-electron chi connectivity index (χ1n) is 6.47. The maximum absolute atomic E-state index is 12.1. The molecule has 6 heteroatoms. The van der Waals surface area contributed by atoms with E-state index in [9.17, 15) is 4.79 Å². The Morgan fingerprint density at radius 2 is 2.15 bits per heavy atom. The molecule has 0 saturated heterocycles. The van der Waals surface area contributed by atoms with Crippen molar-refractivity contribution < 1.29 is 4.79 Å². The number of amides is 1. The van der Waals surface area contributed by atoms with Crippen molar-refractivity contribution in [3.05, 3.63) is 46.4 Å². The molecule has 0 spiro atoms. The number of carbonyl (C=O) groups excluding carboxylic acids is 1. The van der Waals surface area contributed by atoms with E-state index >= 15 is 0 Å². The molecular formula is C14H20ClN3OS. The summed E-state index contributed by atoms with van der Waals surface area (Å²) in [6.45, 7) is 5.17. The molecule has 0 bridgehead atoms. The van der Waals surface area contributed by atoms with E-state index in [1.165, 1.54) is 4.88 Å². The number of nitrogens with zero attached hydrogens (tertiary/aromatic N) is 1. The minimum absolute atomic E-state index is 0. The van der Waals surface area contributed by atoms with Gasteiger partial charge in [0.1, 0.15) is 5.69 Å². The average Bonchev–Trinajstić information content (AvgIpc) is 3.06. The Labute approximate surface area is 129 Å². The zero-order valence-corrected chi connectivity index (χ0v) is 13.1. The summed E-state index contributed by atoms with van der Waals surface area (Å²) >= 11 is 1.70. The van der Waals surface area contributed by atoms with Crippen LogP contribution < -0.4 is 10.6 Å². The number of halogens is 1. The van der Waals surface area contributed by atoms with Gasteiger partial charge in [0.15, 0.2) is 0 Å². The van der Waals surface area contributed by atoms with Crippen LogP contribution in [0.3, 0.4) is 0 Å². The Bertz CT molecular complexity index is 510. The van der Waals surface area contributed by atoms with Crippen molar-refractivity contribution in [1.29, 1.82) is 0 Å². The summed E-state index contributed by atoms with van der Waals surface area (Å²) < 4.78 is 1.98. The molecule has 0 radical (unpaired) electrons. The highest BCUT2D eigenvalue weighted by Crippen LogP contribution is 2.12. The topological polar surface area (TPSA) is 46.1 Å². The van der Waals surface area contributed by atoms with Gasteiger partial charge >= 0.3 is 0 Å². The third kappa shape index (κ3) is 4.67. The summed E-state index contributed by atoms with van der Waals surface area (Å²) in [7, 11) is 0. The number of aromatic nitrogens is 1. The van der Waals surface area contributed by atoms with Crippen molar-refractivity contribution in [3.63, 3.8) is 0 Å².